The van der Waals surface area contributed by atoms with Crippen LogP contribution in [-0.4, -0.2) is 51.1 Å². The predicted molar refractivity (Wildman–Crippen MR) is 40.7 cm³/mol. The van der Waals surface area contributed by atoms with Gasteiger partial charge in [-0.1, -0.05) is 0 Å². The average Bonchev–Trinajstić information content (AvgIpc) is 2.11. The molecule has 0 aromatic carbocycles. The van der Waals surface area contributed by atoms with Crippen LogP contribution < -0.4 is 0 Å². The zero-order chi connectivity index (χ0) is 10.9. The lowest BCUT2D eigenvalue weighted by Gasteiger charge is -2.14. The highest BCUT2D eigenvalue weighted by molar-refractivity contribution is 4.48. The summed E-state index contributed by atoms with van der Waals surface area (Å²) < 4.78 is 48.6. The molecule has 0 amide bonds. The monoisotopic (exact) mass is 218 g/mol. The van der Waals surface area contributed by atoms with Crippen molar-refractivity contribution in [2.45, 2.75) is 6.11 Å². The maximum absolute atomic E-state index is 12.3. The van der Waals surface area contributed by atoms with E-state index in [2.05, 4.69) is 9.47 Å². The van der Waals surface area contributed by atoms with Gasteiger partial charge in [-0.05, 0) is 0 Å². The van der Waals surface area contributed by atoms with E-state index in [9.17, 15) is 13.2 Å². The lowest BCUT2D eigenvalue weighted by Crippen LogP contribution is -2.28. The Morgan fingerprint density at radius 1 is 1.07 bits per heavy atom. The van der Waals surface area contributed by atoms with Crippen LogP contribution in [0, 0.1) is 0 Å². The summed E-state index contributed by atoms with van der Waals surface area (Å²) in [6.07, 6.45) is -3.61. The van der Waals surface area contributed by atoms with Gasteiger partial charge >= 0.3 is 6.11 Å². The number of halogens is 3. The van der Waals surface area contributed by atoms with E-state index in [-0.39, 0.29) is 26.4 Å². The van der Waals surface area contributed by atoms with Gasteiger partial charge in [0.2, 0.25) is 0 Å². The molecule has 0 atom stereocenters. The van der Waals surface area contributed by atoms with Crippen molar-refractivity contribution in [1.29, 1.82) is 0 Å². The Morgan fingerprint density at radius 2 is 1.71 bits per heavy atom. The third-order valence-electron chi connectivity index (χ3n) is 1.14. The minimum absolute atomic E-state index is 0.0643. The Labute approximate surface area is 79.6 Å². The van der Waals surface area contributed by atoms with E-state index in [1.807, 2.05) is 0 Å². The second-order valence-corrected chi connectivity index (χ2v) is 2.28. The fourth-order valence-corrected chi connectivity index (χ4v) is 0.597. The van der Waals surface area contributed by atoms with E-state index in [0.717, 1.165) is 0 Å². The topological polar surface area (TPSA) is 47.9 Å². The molecule has 0 saturated carbocycles. The SMILES string of the molecule is OCCOCCOCC(F)(F)OCF. The molecule has 1 N–H and O–H groups in total. The van der Waals surface area contributed by atoms with E-state index in [4.69, 9.17) is 9.84 Å². The summed E-state index contributed by atoms with van der Waals surface area (Å²) in [7, 11) is 0. The fourth-order valence-electron chi connectivity index (χ4n) is 0.597. The molecule has 0 spiro atoms. The Balaban J connectivity index is 3.26. The van der Waals surface area contributed by atoms with Crippen LogP contribution in [0.3, 0.4) is 0 Å². The van der Waals surface area contributed by atoms with Crippen molar-refractivity contribution in [3.05, 3.63) is 0 Å². The molecule has 0 heterocycles. The van der Waals surface area contributed by atoms with E-state index in [1.54, 1.807) is 0 Å². The smallest absolute Gasteiger partial charge is 0.381 e. The van der Waals surface area contributed by atoms with Crippen LogP contribution >= 0.6 is 0 Å². The quantitative estimate of drug-likeness (QED) is 0.574. The normalized spacial score (nSPS) is 12.0. The van der Waals surface area contributed by atoms with E-state index >= 15 is 0 Å². The first-order valence-corrected chi connectivity index (χ1v) is 3.96. The van der Waals surface area contributed by atoms with Crippen LogP contribution in [0.15, 0.2) is 0 Å². The minimum atomic E-state index is -3.61. The summed E-state index contributed by atoms with van der Waals surface area (Å²) in [6, 6.07) is 0. The molecule has 14 heavy (non-hydrogen) atoms. The predicted octanol–water partition coefficient (Wildman–Crippen LogP) is 0.548. The summed E-state index contributed by atoms with van der Waals surface area (Å²) in [6.45, 7) is -2.56. The molecule has 4 nitrogen and oxygen atoms in total. The van der Waals surface area contributed by atoms with Gasteiger partial charge in [0.1, 0.15) is 6.61 Å². The maximum atomic E-state index is 12.3. The molecule has 0 aromatic rings. The Morgan fingerprint density at radius 3 is 2.29 bits per heavy atom. The van der Waals surface area contributed by atoms with Gasteiger partial charge in [0.15, 0.2) is 6.86 Å². The molecular formula is C7H13F3O4. The minimum Gasteiger partial charge on any atom is -0.394 e. The number of hydrogen-bond acceptors (Lipinski definition) is 4. The zero-order valence-corrected chi connectivity index (χ0v) is 7.55. The van der Waals surface area contributed by atoms with Gasteiger partial charge in [0.25, 0.3) is 0 Å². The summed E-state index contributed by atoms with van der Waals surface area (Å²) in [5, 5.41) is 8.27. The van der Waals surface area contributed by atoms with E-state index < -0.39 is 19.6 Å². The average molecular weight is 218 g/mol. The van der Waals surface area contributed by atoms with Crippen LogP contribution in [0.25, 0.3) is 0 Å². The van der Waals surface area contributed by atoms with Gasteiger partial charge in [-0.25, -0.2) is 4.39 Å². The third-order valence-corrected chi connectivity index (χ3v) is 1.14. The van der Waals surface area contributed by atoms with Gasteiger partial charge in [-0.2, -0.15) is 8.78 Å². The van der Waals surface area contributed by atoms with Crippen molar-refractivity contribution in [3.63, 3.8) is 0 Å². The molecular weight excluding hydrogens is 205 g/mol. The summed E-state index contributed by atoms with van der Waals surface area (Å²) in [5.74, 6) is 0. The second-order valence-electron chi connectivity index (χ2n) is 2.28. The molecule has 0 radical (unpaired) electrons. The summed E-state index contributed by atoms with van der Waals surface area (Å²) in [4.78, 5) is 0. The molecule has 0 unspecified atom stereocenters. The van der Waals surface area contributed by atoms with E-state index in [0.29, 0.717) is 0 Å². The molecule has 0 bridgehead atoms. The van der Waals surface area contributed by atoms with Crippen LogP contribution in [0.2, 0.25) is 0 Å². The standard InChI is InChI=1S/C7H13F3O4/c8-6-14-7(9,10)5-13-4-3-12-2-1-11/h11H,1-6H2. The largest absolute Gasteiger partial charge is 0.394 e. The van der Waals surface area contributed by atoms with Crippen molar-refractivity contribution in [1.82, 2.24) is 0 Å². The lowest BCUT2D eigenvalue weighted by molar-refractivity contribution is -0.279. The highest BCUT2D eigenvalue weighted by Gasteiger charge is 2.30. The van der Waals surface area contributed by atoms with Crippen molar-refractivity contribution in [2.75, 3.05) is 39.9 Å². The van der Waals surface area contributed by atoms with Crippen molar-refractivity contribution in [3.8, 4) is 0 Å². The van der Waals surface area contributed by atoms with Crippen molar-refractivity contribution < 1.29 is 32.5 Å². The number of rotatable bonds is 9. The molecule has 0 fully saturated rings. The van der Waals surface area contributed by atoms with Crippen LogP contribution in [0.4, 0.5) is 13.2 Å². The molecule has 0 aliphatic carbocycles. The highest BCUT2D eigenvalue weighted by atomic mass is 19.3. The van der Waals surface area contributed by atoms with Gasteiger partial charge in [-0.15, -0.1) is 0 Å². The van der Waals surface area contributed by atoms with E-state index in [1.165, 1.54) is 0 Å². The maximum Gasteiger partial charge on any atom is 0.381 e. The second kappa shape index (κ2) is 7.98. The van der Waals surface area contributed by atoms with Crippen LogP contribution in [0.1, 0.15) is 0 Å². The Bertz CT molecular complexity index is 134. The number of ether oxygens (including phenoxy) is 3. The molecule has 0 aliphatic heterocycles. The molecule has 7 heteroatoms. The molecule has 86 valence electrons. The molecule has 0 saturated heterocycles. The van der Waals surface area contributed by atoms with Gasteiger partial charge in [0, 0.05) is 0 Å². The number of alkyl halides is 3. The lowest BCUT2D eigenvalue weighted by atomic mass is 10.6. The number of aliphatic hydroxyl groups is 1. The van der Waals surface area contributed by atoms with Crippen molar-refractivity contribution >= 4 is 0 Å². The summed E-state index contributed by atoms with van der Waals surface area (Å²) in [5.41, 5.74) is 0. The van der Waals surface area contributed by atoms with Crippen LogP contribution in [-0.2, 0) is 14.2 Å². The molecule has 0 aromatic heterocycles. The molecule has 0 rings (SSSR count). The molecule has 0 aliphatic rings. The van der Waals surface area contributed by atoms with Crippen LogP contribution in [0.5, 0.6) is 0 Å². The zero-order valence-electron chi connectivity index (χ0n) is 7.55. The number of aliphatic hydroxyl groups excluding tert-OH is 1. The third kappa shape index (κ3) is 8.24. The number of hydrogen-bond donors (Lipinski definition) is 1. The van der Waals surface area contributed by atoms with Gasteiger partial charge in [-0.3, -0.25) is 4.74 Å². The first-order valence-electron chi connectivity index (χ1n) is 3.96. The van der Waals surface area contributed by atoms with Crippen molar-refractivity contribution in [2.24, 2.45) is 0 Å². The first kappa shape index (κ1) is 13.6. The fraction of sp³-hybridized carbons (Fsp3) is 1.00. The highest BCUT2D eigenvalue weighted by Crippen LogP contribution is 2.15. The Hall–Kier alpha value is -0.370. The Kier molecular flexibility index (Phi) is 7.77. The first-order chi connectivity index (χ1) is 6.62. The summed E-state index contributed by atoms with van der Waals surface area (Å²) >= 11 is 0. The van der Waals surface area contributed by atoms with Gasteiger partial charge in [0.05, 0.1) is 26.4 Å². The van der Waals surface area contributed by atoms with Gasteiger partial charge < -0.3 is 14.6 Å².